The quantitative estimate of drug-likeness (QED) is 0.370. The van der Waals surface area contributed by atoms with Gasteiger partial charge in [0.1, 0.15) is 23.3 Å². The SMILES string of the molecule is COc1ccc(N2C(=S)N[C@@H](c3ccccn3)[C@H]2c2ccc(-c3ccccc3C(=O)O)o2)cc1. The normalized spacial score (nSPS) is 17.4. The maximum atomic E-state index is 11.7. The fourth-order valence-corrected chi connectivity index (χ4v) is 4.55. The molecule has 2 aromatic heterocycles. The standard InChI is InChI=1S/C26H21N3O4S/c1-32-17-11-9-16(10-12-17)29-24(23(28-26(29)34)20-8-4-5-15-27-20)22-14-13-21(33-22)18-6-2-3-7-19(18)25(30)31/h2-15,23-24H,1H3,(H,28,34)(H,30,31)/t23-,24+/m0/s1. The molecule has 0 amide bonds. The number of nitrogens with zero attached hydrogens (tertiary/aromatic N) is 2. The monoisotopic (exact) mass is 471 g/mol. The summed E-state index contributed by atoms with van der Waals surface area (Å²) in [6.45, 7) is 0. The number of nitrogens with one attached hydrogen (secondary N) is 1. The van der Waals surface area contributed by atoms with Crippen molar-refractivity contribution in [1.82, 2.24) is 10.3 Å². The van der Waals surface area contributed by atoms with Crippen molar-refractivity contribution >= 4 is 29.0 Å². The number of rotatable bonds is 6. The second-order valence-corrected chi connectivity index (χ2v) is 8.13. The average Bonchev–Trinajstić information content (AvgIpc) is 3.49. The van der Waals surface area contributed by atoms with Crippen LogP contribution in [0, 0.1) is 0 Å². The molecule has 1 saturated heterocycles. The van der Waals surface area contributed by atoms with Crippen LogP contribution in [0.15, 0.2) is 89.5 Å². The minimum atomic E-state index is -1.01. The minimum absolute atomic E-state index is 0.178. The van der Waals surface area contributed by atoms with Crippen LogP contribution in [0.2, 0.25) is 0 Å². The van der Waals surface area contributed by atoms with Gasteiger partial charge < -0.3 is 24.5 Å². The number of hydrogen-bond acceptors (Lipinski definition) is 5. The number of carbonyl (C=O) groups is 1. The van der Waals surface area contributed by atoms with Gasteiger partial charge >= 0.3 is 5.97 Å². The Labute approximate surface area is 201 Å². The van der Waals surface area contributed by atoms with E-state index in [-0.39, 0.29) is 17.6 Å². The van der Waals surface area contributed by atoms with Crippen LogP contribution in [0.5, 0.6) is 5.75 Å². The zero-order chi connectivity index (χ0) is 23.7. The molecule has 0 aliphatic carbocycles. The Morgan fingerprint density at radius 2 is 1.82 bits per heavy atom. The Bertz CT molecular complexity index is 1340. The van der Waals surface area contributed by atoms with Crippen molar-refractivity contribution < 1.29 is 19.1 Å². The summed E-state index contributed by atoms with van der Waals surface area (Å²) in [4.78, 5) is 18.3. The van der Waals surface area contributed by atoms with Crippen molar-refractivity contribution in [2.24, 2.45) is 0 Å². The lowest BCUT2D eigenvalue weighted by Crippen LogP contribution is -2.29. The lowest BCUT2D eigenvalue weighted by molar-refractivity contribution is 0.0697. The van der Waals surface area contributed by atoms with Gasteiger partial charge in [-0.25, -0.2) is 4.79 Å². The van der Waals surface area contributed by atoms with Crippen LogP contribution >= 0.6 is 12.2 Å². The summed E-state index contributed by atoms with van der Waals surface area (Å²) in [6, 6.07) is 23.2. The van der Waals surface area contributed by atoms with Crippen molar-refractivity contribution in [1.29, 1.82) is 0 Å². The van der Waals surface area contributed by atoms with Crippen molar-refractivity contribution in [2.75, 3.05) is 12.0 Å². The molecule has 0 spiro atoms. The van der Waals surface area contributed by atoms with Crippen LogP contribution in [0.4, 0.5) is 5.69 Å². The van der Waals surface area contributed by atoms with Gasteiger partial charge in [-0.3, -0.25) is 4.98 Å². The molecule has 34 heavy (non-hydrogen) atoms. The molecule has 1 aliphatic heterocycles. The smallest absolute Gasteiger partial charge is 0.336 e. The zero-order valence-electron chi connectivity index (χ0n) is 18.2. The van der Waals surface area contributed by atoms with Crippen molar-refractivity contribution in [2.45, 2.75) is 12.1 Å². The first-order chi connectivity index (χ1) is 16.6. The van der Waals surface area contributed by atoms with Gasteiger partial charge in [0, 0.05) is 17.4 Å². The third kappa shape index (κ3) is 3.88. The number of thiocarbonyl (C=S) groups is 1. The maximum absolute atomic E-state index is 11.7. The Kier molecular flexibility index (Phi) is 5.73. The number of ether oxygens (including phenoxy) is 1. The molecule has 0 saturated carbocycles. The first kappa shape index (κ1) is 21.7. The summed E-state index contributed by atoms with van der Waals surface area (Å²) in [7, 11) is 1.62. The van der Waals surface area contributed by atoms with Crippen LogP contribution < -0.4 is 15.0 Å². The molecule has 4 aromatic rings. The molecule has 170 valence electrons. The molecule has 7 nitrogen and oxygen atoms in total. The van der Waals surface area contributed by atoms with E-state index >= 15 is 0 Å². The molecule has 0 radical (unpaired) electrons. The fourth-order valence-electron chi connectivity index (χ4n) is 4.21. The van der Waals surface area contributed by atoms with Crippen LogP contribution in [-0.2, 0) is 0 Å². The van der Waals surface area contributed by atoms with E-state index < -0.39 is 5.97 Å². The fraction of sp³-hybridized carbons (Fsp3) is 0.115. The summed E-state index contributed by atoms with van der Waals surface area (Å²) < 4.78 is 11.6. The van der Waals surface area contributed by atoms with Gasteiger partial charge in [0.15, 0.2) is 5.11 Å². The van der Waals surface area contributed by atoms with Crippen molar-refractivity contribution in [3.05, 3.63) is 102 Å². The predicted octanol–water partition coefficient (Wildman–Crippen LogP) is 5.23. The maximum Gasteiger partial charge on any atom is 0.336 e. The Hall–Kier alpha value is -4.17. The summed E-state index contributed by atoms with van der Waals surface area (Å²) in [5.74, 6) is 0.836. The topological polar surface area (TPSA) is 87.8 Å². The summed E-state index contributed by atoms with van der Waals surface area (Å²) in [5.41, 5.74) is 2.37. The minimum Gasteiger partial charge on any atom is -0.497 e. The lowest BCUT2D eigenvalue weighted by atomic mass is 10.0. The number of aromatic nitrogens is 1. The Balaban J connectivity index is 1.60. The van der Waals surface area contributed by atoms with E-state index in [2.05, 4.69) is 10.3 Å². The lowest BCUT2D eigenvalue weighted by Gasteiger charge is -2.26. The highest BCUT2D eigenvalue weighted by Crippen LogP contribution is 2.43. The molecule has 2 aromatic carbocycles. The van der Waals surface area contributed by atoms with Gasteiger partial charge in [-0.15, -0.1) is 0 Å². The van der Waals surface area contributed by atoms with E-state index in [9.17, 15) is 9.90 Å². The van der Waals surface area contributed by atoms with Crippen LogP contribution in [0.3, 0.4) is 0 Å². The highest BCUT2D eigenvalue weighted by Gasteiger charge is 2.42. The number of aromatic carboxylic acids is 1. The van der Waals surface area contributed by atoms with E-state index in [0.717, 1.165) is 17.1 Å². The second kappa shape index (κ2) is 8.99. The molecule has 1 aliphatic rings. The molecular formula is C26H21N3O4S. The van der Waals surface area contributed by atoms with Crippen LogP contribution in [0.25, 0.3) is 11.3 Å². The number of methoxy groups -OCH3 is 1. The number of pyridine rings is 1. The number of benzene rings is 2. The van der Waals surface area contributed by atoms with Gasteiger partial charge in [0.05, 0.1) is 24.4 Å². The van der Waals surface area contributed by atoms with Crippen LogP contribution in [0.1, 0.15) is 33.9 Å². The number of hydrogen-bond donors (Lipinski definition) is 2. The predicted molar refractivity (Wildman–Crippen MR) is 132 cm³/mol. The second-order valence-electron chi connectivity index (χ2n) is 7.75. The molecule has 0 bridgehead atoms. The summed E-state index contributed by atoms with van der Waals surface area (Å²) in [5, 5.41) is 13.5. The molecule has 2 atom stereocenters. The summed E-state index contributed by atoms with van der Waals surface area (Å²) >= 11 is 5.73. The number of anilines is 1. The number of carboxylic acids is 1. The first-order valence-corrected chi connectivity index (χ1v) is 11.0. The van der Waals surface area contributed by atoms with Crippen LogP contribution in [-0.4, -0.2) is 28.3 Å². The first-order valence-electron chi connectivity index (χ1n) is 10.6. The molecule has 5 rings (SSSR count). The number of carboxylic acid groups (broad SMARTS) is 1. The third-order valence-corrected chi connectivity index (χ3v) is 6.10. The number of furan rings is 1. The van der Waals surface area contributed by atoms with E-state index in [0.29, 0.717) is 22.2 Å². The average molecular weight is 472 g/mol. The Morgan fingerprint density at radius 3 is 2.53 bits per heavy atom. The molecule has 0 unspecified atom stereocenters. The molecule has 2 N–H and O–H groups in total. The van der Waals surface area contributed by atoms with Crippen molar-refractivity contribution in [3.8, 4) is 17.1 Å². The molecule has 1 fully saturated rings. The highest BCUT2D eigenvalue weighted by molar-refractivity contribution is 7.80. The molecule has 8 heteroatoms. The van der Waals surface area contributed by atoms with E-state index in [4.69, 9.17) is 21.4 Å². The third-order valence-electron chi connectivity index (χ3n) is 5.79. The van der Waals surface area contributed by atoms with Gasteiger partial charge in [-0.2, -0.15) is 0 Å². The van der Waals surface area contributed by atoms with Crippen molar-refractivity contribution in [3.63, 3.8) is 0 Å². The zero-order valence-corrected chi connectivity index (χ0v) is 19.0. The van der Waals surface area contributed by atoms with E-state index in [1.807, 2.05) is 53.4 Å². The van der Waals surface area contributed by atoms with E-state index in [1.165, 1.54) is 0 Å². The largest absolute Gasteiger partial charge is 0.497 e. The van der Waals surface area contributed by atoms with Gasteiger partial charge in [0.2, 0.25) is 0 Å². The molecular weight excluding hydrogens is 450 g/mol. The highest BCUT2D eigenvalue weighted by atomic mass is 32.1. The molecule has 3 heterocycles. The van der Waals surface area contributed by atoms with Gasteiger partial charge in [-0.05, 0) is 66.8 Å². The van der Waals surface area contributed by atoms with Gasteiger partial charge in [0.25, 0.3) is 0 Å². The Morgan fingerprint density at radius 1 is 1.06 bits per heavy atom. The van der Waals surface area contributed by atoms with E-state index in [1.54, 1.807) is 43.6 Å². The van der Waals surface area contributed by atoms with Gasteiger partial charge in [-0.1, -0.05) is 24.3 Å². The summed E-state index contributed by atoms with van der Waals surface area (Å²) in [6.07, 6.45) is 1.74.